The van der Waals surface area contributed by atoms with Crippen LogP contribution in [0.5, 0.6) is 0 Å². The Morgan fingerprint density at radius 2 is 2.04 bits per heavy atom. The first-order chi connectivity index (χ1) is 11.6. The van der Waals surface area contributed by atoms with E-state index in [1.165, 1.54) is 53.6 Å². The molecule has 5 aliphatic rings. The summed E-state index contributed by atoms with van der Waals surface area (Å²) in [5, 5.41) is 15.2. The van der Waals surface area contributed by atoms with Gasteiger partial charge in [-0.25, -0.2) is 4.79 Å². The largest absolute Gasteiger partial charge is 0.477 e. The number of aromatic nitrogens is 2. The Labute approximate surface area is 143 Å². The van der Waals surface area contributed by atoms with Crippen molar-refractivity contribution in [2.24, 2.45) is 7.05 Å². The molecule has 1 N–H and O–H groups in total. The van der Waals surface area contributed by atoms with Crippen molar-refractivity contribution in [3.8, 4) is 0 Å². The van der Waals surface area contributed by atoms with Gasteiger partial charge in [-0.2, -0.15) is 5.10 Å². The molecule has 0 aromatic carbocycles. The van der Waals surface area contributed by atoms with Crippen LogP contribution in [0.2, 0.25) is 0 Å². The van der Waals surface area contributed by atoms with E-state index in [9.17, 15) is 9.59 Å². The average Bonchev–Trinajstić information content (AvgIpc) is 3.14. The third-order valence-corrected chi connectivity index (χ3v) is 6.81. The minimum absolute atomic E-state index is 0.0780. The highest BCUT2D eigenvalue weighted by molar-refractivity contribution is 8.03. The molecule has 1 saturated heterocycles. The van der Waals surface area contributed by atoms with E-state index < -0.39 is 5.97 Å². The van der Waals surface area contributed by atoms with Crippen LogP contribution in [0.3, 0.4) is 0 Å². The quantitative estimate of drug-likeness (QED) is 0.659. The number of hydrogen-bond donors (Lipinski definition) is 1. The molecule has 0 unspecified atom stereocenters. The number of aliphatic carboxylic acids is 1. The van der Waals surface area contributed by atoms with Crippen LogP contribution >= 0.6 is 11.8 Å². The number of amides is 1. The number of fused-ring (bicyclic) bond motifs is 3. The standard InChI is InChI=1S/C17H17N3O3S/c1-19-14-9-4-2-8(3-5-9)13(14)11(18-19)6-10-15(21)20-12(17(22)23)7-24-16(10)20/h6-9,16H,2-5H2,1H3,(H,22,23)/t8?,9?,16-/m1/s1. The van der Waals surface area contributed by atoms with E-state index in [1.54, 1.807) is 5.41 Å². The summed E-state index contributed by atoms with van der Waals surface area (Å²) >= 11 is 1.38. The summed E-state index contributed by atoms with van der Waals surface area (Å²) < 4.78 is 1.99. The van der Waals surface area contributed by atoms with Crippen molar-refractivity contribution >= 4 is 29.7 Å². The van der Waals surface area contributed by atoms with E-state index in [-0.39, 0.29) is 17.0 Å². The lowest BCUT2D eigenvalue weighted by Gasteiger charge is -2.38. The number of nitrogens with zero attached hydrogens (tertiary/aromatic N) is 3. The van der Waals surface area contributed by atoms with Gasteiger partial charge in [-0.3, -0.25) is 14.4 Å². The number of carbonyl (C=O) groups excluding carboxylic acids is 1. The van der Waals surface area contributed by atoms with Crippen LogP contribution in [-0.4, -0.2) is 37.0 Å². The zero-order valence-corrected chi connectivity index (χ0v) is 14.0. The third-order valence-electron chi connectivity index (χ3n) is 5.73. The monoisotopic (exact) mass is 343 g/mol. The Morgan fingerprint density at radius 3 is 2.75 bits per heavy atom. The smallest absolute Gasteiger partial charge is 0.353 e. The zero-order chi connectivity index (χ0) is 16.6. The van der Waals surface area contributed by atoms with Gasteiger partial charge in [-0.15, -0.1) is 11.8 Å². The van der Waals surface area contributed by atoms with Gasteiger partial charge in [0.2, 0.25) is 0 Å². The molecule has 1 aromatic rings. The second kappa shape index (κ2) is 4.75. The Hall–Kier alpha value is -2.02. The number of carboxylic acid groups (broad SMARTS) is 1. The molecule has 24 heavy (non-hydrogen) atoms. The van der Waals surface area contributed by atoms with Crippen molar-refractivity contribution in [2.75, 3.05) is 0 Å². The predicted octanol–water partition coefficient (Wildman–Crippen LogP) is 2.40. The minimum Gasteiger partial charge on any atom is -0.477 e. The lowest BCUT2D eigenvalue weighted by atomic mass is 9.69. The van der Waals surface area contributed by atoms with Gasteiger partial charge in [-0.05, 0) is 37.7 Å². The summed E-state index contributed by atoms with van der Waals surface area (Å²) in [5.41, 5.74) is 4.32. The molecule has 1 amide bonds. The minimum atomic E-state index is -1.05. The second-order valence-corrected chi connectivity index (χ2v) is 7.88. The van der Waals surface area contributed by atoms with E-state index in [2.05, 4.69) is 5.10 Å². The summed E-state index contributed by atoms with van der Waals surface area (Å²) in [4.78, 5) is 24.9. The maximum atomic E-state index is 12.4. The summed E-state index contributed by atoms with van der Waals surface area (Å²) in [5.74, 6) is -0.103. The molecular weight excluding hydrogens is 326 g/mol. The molecule has 6 rings (SSSR count). The van der Waals surface area contributed by atoms with Gasteiger partial charge in [0, 0.05) is 29.6 Å². The lowest BCUT2D eigenvalue weighted by Crippen LogP contribution is -2.51. The molecule has 2 bridgehead atoms. The normalized spacial score (nSPS) is 31.8. The van der Waals surface area contributed by atoms with Crippen LogP contribution in [0, 0.1) is 0 Å². The van der Waals surface area contributed by atoms with Crippen molar-refractivity contribution in [3.63, 3.8) is 0 Å². The molecule has 0 spiro atoms. The highest BCUT2D eigenvalue weighted by Crippen LogP contribution is 2.51. The van der Waals surface area contributed by atoms with Gasteiger partial charge >= 0.3 is 5.97 Å². The van der Waals surface area contributed by atoms with Crippen LogP contribution in [0.15, 0.2) is 16.7 Å². The van der Waals surface area contributed by atoms with Crippen LogP contribution < -0.4 is 0 Å². The second-order valence-electron chi connectivity index (χ2n) is 6.93. The Bertz CT molecular complexity index is 846. The molecule has 0 radical (unpaired) electrons. The average molecular weight is 343 g/mol. The molecule has 2 fully saturated rings. The Balaban J connectivity index is 1.53. The number of β-lactam (4-membered cyclic amide) rings is 1. The maximum absolute atomic E-state index is 12.4. The molecule has 6 nitrogen and oxygen atoms in total. The molecule has 1 atom stereocenters. The van der Waals surface area contributed by atoms with E-state index in [0.717, 1.165) is 5.69 Å². The van der Waals surface area contributed by atoms with Crippen molar-refractivity contribution in [2.45, 2.75) is 42.9 Å². The van der Waals surface area contributed by atoms with E-state index in [1.807, 2.05) is 17.8 Å². The zero-order valence-electron chi connectivity index (χ0n) is 13.2. The fourth-order valence-corrected chi connectivity index (χ4v) is 5.77. The molecule has 1 saturated carbocycles. The van der Waals surface area contributed by atoms with Crippen LogP contribution in [-0.2, 0) is 16.6 Å². The Morgan fingerprint density at radius 1 is 1.33 bits per heavy atom. The summed E-state index contributed by atoms with van der Waals surface area (Å²) in [6, 6.07) is 0. The van der Waals surface area contributed by atoms with Crippen molar-refractivity contribution in [1.82, 2.24) is 14.7 Å². The topological polar surface area (TPSA) is 75.4 Å². The highest BCUT2D eigenvalue weighted by Gasteiger charge is 2.50. The molecular formula is C17H17N3O3S. The fraction of sp³-hybridized carbons (Fsp3) is 0.471. The van der Waals surface area contributed by atoms with Crippen molar-refractivity contribution in [1.29, 1.82) is 0 Å². The number of carboxylic acids is 1. The van der Waals surface area contributed by atoms with Crippen molar-refractivity contribution < 1.29 is 14.7 Å². The van der Waals surface area contributed by atoms with Gasteiger partial charge in [0.25, 0.3) is 5.91 Å². The predicted molar refractivity (Wildman–Crippen MR) is 89.1 cm³/mol. The maximum Gasteiger partial charge on any atom is 0.353 e. The number of aryl methyl sites for hydroxylation is 1. The molecule has 1 aromatic heterocycles. The van der Waals surface area contributed by atoms with Crippen LogP contribution in [0.1, 0.15) is 54.5 Å². The first kappa shape index (κ1) is 14.3. The number of carbonyl (C=O) groups is 2. The van der Waals surface area contributed by atoms with Gasteiger partial charge in [-0.1, -0.05) is 0 Å². The van der Waals surface area contributed by atoms with Crippen LogP contribution in [0.4, 0.5) is 0 Å². The summed E-state index contributed by atoms with van der Waals surface area (Å²) in [6.45, 7) is 0. The summed E-state index contributed by atoms with van der Waals surface area (Å²) in [7, 11) is 1.99. The van der Waals surface area contributed by atoms with Gasteiger partial charge in [0.1, 0.15) is 11.1 Å². The molecule has 124 valence electrons. The van der Waals surface area contributed by atoms with Crippen LogP contribution in [0.25, 0.3) is 6.08 Å². The van der Waals surface area contributed by atoms with Crippen molar-refractivity contribution in [3.05, 3.63) is 33.6 Å². The fourth-order valence-electron chi connectivity index (χ4n) is 4.65. The molecule has 3 heterocycles. The molecule has 3 aliphatic carbocycles. The van der Waals surface area contributed by atoms with E-state index in [4.69, 9.17) is 5.11 Å². The van der Waals surface area contributed by atoms with E-state index >= 15 is 0 Å². The third kappa shape index (κ3) is 1.70. The first-order valence-corrected chi connectivity index (χ1v) is 9.21. The number of rotatable bonds is 2. The lowest BCUT2D eigenvalue weighted by molar-refractivity contribution is -0.141. The first-order valence-electron chi connectivity index (χ1n) is 8.27. The molecule has 7 heteroatoms. The number of hydrogen-bond acceptors (Lipinski definition) is 4. The van der Waals surface area contributed by atoms with Gasteiger partial charge in [0.15, 0.2) is 0 Å². The van der Waals surface area contributed by atoms with Gasteiger partial charge in [0.05, 0.1) is 11.3 Å². The number of thioether (sulfide) groups is 1. The van der Waals surface area contributed by atoms with E-state index in [0.29, 0.717) is 17.4 Å². The summed E-state index contributed by atoms with van der Waals surface area (Å²) in [6.07, 6.45) is 6.80. The Kier molecular flexibility index (Phi) is 2.84. The van der Waals surface area contributed by atoms with Gasteiger partial charge < -0.3 is 5.11 Å². The SMILES string of the molecule is Cn1nc(C=C2C(=O)N3C(C(=O)O)=CS[C@H]23)c2c1C1CCC2CC1. The molecule has 2 aliphatic heterocycles. The highest BCUT2D eigenvalue weighted by atomic mass is 32.2.